The highest BCUT2D eigenvalue weighted by Gasteiger charge is 2.28. The van der Waals surface area contributed by atoms with Crippen LogP contribution in [0.5, 0.6) is 0 Å². The highest BCUT2D eigenvalue weighted by atomic mass is 16.4. The molecule has 1 rings (SSSR count). The van der Waals surface area contributed by atoms with E-state index >= 15 is 0 Å². The number of amides is 2. The van der Waals surface area contributed by atoms with Gasteiger partial charge in [-0.25, -0.2) is 4.79 Å². The van der Waals surface area contributed by atoms with Crippen LogP contribution in [0.2, 0.25) is 0 Å². The van der Waals surface area contributed by atoms with Gasteiger partial charge in [-0.2, -0.15) is 0 Å². The van der Waals surface area contributed by atoms with Crippen molar-refractivity contribution in [3.05, 3.63) is 0 Å². The van der Waals surface area contributed by atoms with Crippen molar-refractivity contribution in [3.8, 4) is 0 Å². The first-order valence-corrected chi connectivity index (χ1v) is 7.73. The molecule has 2 amide bonds. The summed E-state index contributed by atoms with van der Waals surface area (Å²) in [6.45, 7) is 4.46. The Bertz CT molecular complexity index is 325. The number of rotatable bonds is 6. The summed E-state index contributed by atoms with van der Waals surface area (Å²) in [7, 11) is 1.81. The molecule has 1 aliphatic carbocycles. The van der Waals surface area contributed by atoms with Gasteiger partial charge in [0.2, 0.25) is 0 Å². The Balaban J connectivity index is 2.57. The van der Waals surface area contributed by atoms with E-state index in [2.05, 4.69) is 6.92 Å². The Morgan fingerprint density at radius 3 is 2.20 bits per heavy atom. The molecular formula is C15H28N2O3. The molecule has 0 bridgehead atoms. The molecule has 0 atom stereocenters. The minimum Gasteiger partial charge on any atom is -0.480 e. The van der Waals surface area contributed by atoms with Crippen molar-refractivity contribution in [1.29, 1.82) is 0 Å². The third-order valence-corrected chi connectivity index (χ3v) is 4.33. The summed E-state index contributed by atoms with van der Waals surface area (Å²) in [4.78, 5) is 26.5. The molecule has 5 nitrogen and oxygen atoms in total. The van der Waals surface area contributed by atoms with E-state index in [1.165, 1.54) is 24.2 Å². The zero-order chi connectivity index (χ0) is 15.1. The molecule has 1 aliphatic rings. The Kier molecular flexibility index (Phi) is 6.82. The van der Waals surface area contributed by atoms with Gasteiger partial charge in [0.05, 0.1) is 0 Å². The summed E-state index contributed by atoms with van der Waals surface area (Å²) in [6.07, 6.45) is 6.40. The van der Waals surface area contributed by atoms with Gasteiger partial charge in [0.25, 0.3) is 0 Å². The fraction of sp³-hybridized carbons (Fsp3) is 0.867. The summed E-state index contributed by atoms with van der Waals surface area (Å²) < 4.78 is 0. The second-order valence-electron chi connectivity index (χ2n) is 5.79. The largest absolute Gasteiger partial charge is 0.480 e. The summed E-state index contributed by atoms with van der Waals surface area (Å²) in [6, 6.07) is 0.118. The second kappa shape index (κ2) is 8.12. The summed E-state index contributed by atoms with van der Waals surface area (Å²) >= 11 is 0. The normalized spacial score (nSPS) is 22.4. The predicted octanol–water partition coefficient (Wildman–Crippen LogP) is 2.80. The van der Waals surface area contributed by atoms with Gasteiger partial charge in [0, 0.05) is 19.6 Å². The summed E-state index contributed by atoms with van der Waals surface area (Å²) in [5.41, 5.74) is 0. The molecule has 0 aromatic heterocycles. The van der Waals surface area contributed by atoms with Crippen LogP contribution >= 0.6 is 0 Å². The number of nitrogens with zero attached hydrogens (tertiary/aromatic N) is 2. The molecule has 0 aromatic carbocycles. The van der Waals surface area contributed by atoms with E-state index in [4.69, 9.17) is 5.11 Å². The second-order valence-corrected chi connectivity index (χ2v) is 5.79. The van der Waals surface area contributed by atoms with Crippen molar-refractivity contribution in [2.75, 3.05) is 20.1 Å². The van der Waals surface area contributed by atoms with E-state index in [9.17, 15) is 9.59 Å². The standard InChI is InChI=1S/C15H28N2O3/c1-4-10-17(11-14(18)19)15(20)16(3)13-8-6-12(5-2)7-9-13/h12-13H,4-11H2,1-3H3,(H,18,19). The zero-order valence-corrected chi connectivity index (χ0v) is 13.0. The lowest BCUT2D eigenvalue weighted by Gasteiger charge is -2.37. The number of carboxylic acids is 1. The van der Waals surface area contributed by atoms with Crippen molar-refractivity contribution in [2.45, 2.75) is 58.4 Å². The van der Waals surface area contributed by atoms with E-state index in [0.717, 1.165) is 25.2 Å². The van der Waals surface area contributed by atoms with Gasteiger partial charge < -0.3 is 14.9 Å². The molecule has 5 heteroatoms. The molecule has 1 fully saturated rings. The third-order valence-electron chi connectivity index (χ3n) is 4.33. The first-order valence-electron chi connectivity index (χ1n) is 7.73. The SMILES string of the molecule is CCCN(CC(=O)O)C(=O)N(C)C1CCC(CC)CC1. The number of aliphatic carboxylic acids is 1. The minimum absolute atomic E-state index is 0.144. The molecular weight excluding hydrogens is 256 g/mol. The topological polar surface area (TPSA) is 60.9 Å². The first kappa shape index (κ1) is 16.8. The molecule has 0 unspecified atom stereocenters. The maximum absolute atomic E-state index is 12.4. The Hall–Kier alpha value is -1.26. The molecule has 116 valence electrons. The van der Waals surface area contributed by atoms with Crippen LogP contribution in [-0.2, 0) is 4.79 Å². The number of carboxylic acid groups (broad SMARTS) is 1. The molecule has 0 radical (unpaired) electrons. The Labute approximate surface area is 121 Å². The van der Waals surface area contributed by atoms with Crippen LogP contribution in [0.25, 0.3) is 0 Å². The molecule has 0 spiro atoms. The Morgan fingerprint density at radius 1 is 1.15 bits per heavy atom. The quantitative estimate of drug-likeness (QED) is 0.816. The maximum Gasteiger partial charge on any atom is 0.323 e. The van der Waals surface area contributed by atoms with Crippen molar-refractivity contribution in [1.82, 2.24) is 9.80 Å². The van der Waals surface area contributed by atoms with E-state index in [0.29, 0.717) is 6.54 Å². The van der Waals surface area contributed by atoms with Crippen molar-refractivity contribution in [2.24, 2.45) is 5.92 Å². The smallest absolute Gasteiger partial charge is 0.323 e. The highest BCUT2D eigenvalue weighted by Crippen LogP contribution is 2.29. The fourth-order valence-corrected chi connectivity index (χ4v) is 3.00. The van der Waals surface area contributed by atoms with Crippen LogP contribution in [0.15, 0.2) is 0 Å². The molecule has 0 heterocycles. The van der Waals surface area contributed by atoms with Gasteiger partial charge in [-0.1, -0.05) is 20.3 Å². The van der Waals surface area contributed by atoms with E-state index in [1.54, 1.807) is 4.90 Å². The number of hydrogen-bond donors (Lipinski definition) is 1. The van der Waals surface area contributed by atoms with E-state index in [-0.39, 0.29) is 18.6 Å². The van der Waals surface area contributed by atoms with Crippen LogP contribution in [0.3, 0.4) is 0 Å². The van der Waals surface area contributed by atoms with Crippen LogP contribution in [0.4, 0.5) is 4.79 Å². The average Bonchev–Trinajstić information content (AvgIpc) is 2.45. The third kappa shape index (κ3) is 4.69. The predicted molar refractivity (Wildman–Crippen MR) is 78.7 cm³/mol. The van der Waals surface area contributed by atoms with Gasteiger partial charge in [-0.15, -0.1) is 0 Å². The van der Waals surface area contributed by atoms with Crippen molar-refractivity contribution < 1.29 is 14.7 Å². The number of urea groups is 1. The molecule has 1 N–H and O–H groups in total. The summed E-state index contributed by atoms with van der Waals surface area (Å²) in [5, 5.41) is 8.91. The number of carbonyl (C=O) groups is 2. The highest BCUT2D eigenvalue weighted by molar-refractivity contribution is 5.80. The molecule has 20 heavy (non-hydrogen) atoms. The molecule has 0 saturated heterocycles. The minimum atomic E-state index is -0.949. The average molecular weight is 284 g/mol. The van der Waals surface area contributed by atoms with Gasteiger partial charge in [-0.3, -0.25) is 4.79 Å². The maximum atomic E-state index is 12.4. The first-order chi connectivity index (χ1) is 9.49. The molecule has 1 saturated carbocycles. The van der Waals surface area contributed by atoms with Crippen molar-refractivity contribution >= 4 is 12.0 Å². The monoisotopic (exact) mass is 284 g/mol. The van der Waals surface area contributed by atoms with E-state index < -0.39 is 5.97 Å². The van der Waals surface area contributed by atoms with Crippen LogP contribution in [0.1, 0.15) is 52.4 Å². The molecule has 0 aromatic rings. The van der Waals surface area contributed by atoms with Gasteiger partial charge in [-0.05, 0) is 38.0 Å². The lowest BCUT2D eigenvalue weighted by molar-refractivity contribution is -0.137. The zero-order valence-electron chi connectivity index (χ0n) is 13.0. The number of carbonyl (C=O) groups excluding carboxylic acids is 1. The lowest BCUT2D eigenvalue weighted by atomic mass is 9.84. The summed E-state index contributed by atoms with van der Waals surface area (Å²) in [5.74, 6) is -0.157. The van der Waals surface area contributed by atoms with Gasteiger partial charge in [0.1, 0.15) is 6.54 Å². The Morgan fingerprint density at radius 2 is 1.75 bits per heavy atom. The van der Waals surface area contributed by atoms with Gasteiger partial charge in [0.15, 0.2) is 0 Å². The van der Waals surface area contributed by atoms with Crippen molar-refractivity contribution in [3.63, 3.8) is 0 Å². The fourth-order valence-electron chi connectivity index (χ4n) is 3.00. The lowest BCUT2D eigenvalue weighted by Crippen LogP contribution is -2.48. The molecule has 0 aliphatic heterocycles. The number of hydrogen-bond acceptors (Lipinski definition) is 2. The van der Waals surface area contributed by atoms with Crippen LogP contribution in [0, 0.1) is 5.92 Å². The van der Waals surface area contributed by atoms with Gasteiger partial charge >= 0.3 is 12.0 Å². The van der Waals surface area contributed by atoms with Crippen LogP contribution < -0.4 is 0 Å². The van der Waals surface area contributed by atoms with E-state index in [1.807, 2.05) is 14.0 Å². The van der Waals surface area contributed by atoms with Crippen LogP contribution in [-0.4, -0.2) is 53.1 Å².